The average molecular weight is 1080 g/mol. The Labute approximate surface area is 481 Å². The first kappa shape index (κ1) is 74.9. The second-order valence-corrected chi connectivity index (χ2v) is 23.8. The highest BCUT2D eigenvalue weighted by molar-refractivity contribution is 5.71. The first-order valence-electron chi connectivity index (χ1n) is 34.8. The van der Waals surface area contributed by atoms with Gasteiger partial charge in [0.05, 0.1) is 0 Å². The maximum absolute atomic E-state index is 12.9. The maximum Gasteiger partial charge on any atom is 0.306 e. The summed E-state index contributed by atoms with van der Waals surface area (Å²) in [4.78, 5) is 38.2. The van der Waals surface area contributed by atoms with E-state index >= 15 is 0 Å². The molecule has 1 unspecified atom stereocenters. The summed E-state index contributed by atoms with van der Waals surface area (Å²) in [5.74, 6) is -0.849. The zero-order chi connectivity index (χ0) is 55.7. The Hall–Kier alpha value is -2.11. The van der Waals surface area contributed by atoms with Crippen molar-refractivity contribution < 1.29 is 28.6 Å². The predicted octanol–water partition coefficient (Wildman–Crippen LogP) is 23.8. The smallest absolute Gasteiger partial charge is 0.306 e. The number of allylic oxidation sites excluding steroid dienone is 4. The first-order valence-corrected chi connectivity index (χ1v) is 34.8. The van der Waals surface area contributed by atoms with Crippen LogP contribution in [-0.2, 0) is 28.6 Å². The number of unbranched alkanes of at least 4 members (excludes halogenated alkanes) is 50. The van der Waals surface area contributed by atoms with E-state index < -0.39 is 6.10 Å². The van der Waals surface area contributed by atoms with Gasteiger partial charge in [-0.1, -0.05) is 347 Å². The van der Waals surface area contributed by atoms with E-state index in [1.807, 2.05) is 0 Å². The van der Waals surface area contributed by atoms with Gasteiger partial charge in [0.2, 0.25) is 0 Å². The van der Waals surface area contributed by atoms with Crippen LogP contribution in [0.1, 0.15) is 393 Å². The van der Waals surface area contributed by atoms with Gasteiger partial charge in [0.25, 0.3) is 0 Å². The third-order valence-corrected chi connectivity index (χ3v) is 16.0. The lowest BCUT2D eigenvalue weighted by Gasteiger charge is -2.18. The molecule has 0 aliphatic rings. The second kappa shape index (κ2) is 66.4. The zero-order valence-electron chi connectivity index (χ0n) is 52.3. The summed E-state index contributed by atoms with van der Waals surface area (Å²) in [6, 6.07) is 0. The van der Waals surface area contributed by atoms with Crippen LogP contribution in [0.3, 0.4) is 0 Å². The Morgan fingerprint density at radius 1 is 0.260 bits per heavy atom. The van der Waals surface area contributed by atoms with Gasteiger partial charge in [-0.3, -0.25) is 14.4 Å². The molecule has 0 heterocycles. The Kier molecular flexibility index (Phi) is 64.6. The highest BCUT2D eigenvalue weighted by atomic mass is 16.6. The molecule has 0 rings (SSSR count). The lowest BCUT2D eigenvalue weighted by Crippen LogP contribution is -2.30. The Morgan fingerprint density at radius 2 is 0.468 bits per heavy atom. The van der Waals surface area contributed by atoms with E-state index in [1.54, 1.807) is 0 Å². The van der Waals surface area contributed by atoms with Gasteiger partial charge in [-0.25, -0.2) is 0 Å². The molecule has 6 heteroatoms. The van der Waals surface area contributed by atoms with E-state index in [4.69, 9.17) is 14.2 Å². The molecule has 454 valence electrons. The van der Waals surface area contributed by atoms with E-state index in [0.29, 0.717) is 19.3 Å². The van der Waals surface area contributed by atoms with Crippen LogP contribution in [0.15, 0.2) is 24.3 Å². The topological polar surface area (TPSA) is 78.9 Å². The fourth-order valence-electron chi connectivity index (χ4n) is 10.7. The van der Waals surface area contributed by atoms with Crippen molar-refractivity contribution in [1.82, 2.24) is 0 Å². The van der Waals surface area contributed by atoms with Gasteiger partial charge in [0, 0.05) is 19.3 Å². The van der Waals surface area contributed by atoms with E-state index in [0.717, 1.165) is 64.2 Å². The highest BCUT2D eigenvalue weighted by Crippen LogP contribution is 2.19. The van der Waals surface area contributed by atoms with Gasteiger partial charge < -0.3 is 14.2 Å². The van der Waals surface area contributed by atoms with E-state index in [1.165, 1.54) is 289 Å². The Bertz CT molecular complexity index is 1240. The summed E-state index contributed by atoms with van der Waals surface area (Å²) >= 11 is 0. The monoisotopic (exact) mass is 1080 g/mol. The lowest BCUT2D eigenvalue weighted by molar-refractivity contribution is -0.167. The van der Waals surface area contributed by atoms with Crippen LogP contribution in [0.5, 0.6) is 0 Å². The number of ether oxygens (including phenoxy) is 3. The summed E-state index contributed by atoms with van der Waals surface area (Å²) in [6.45, 7) is 6.67. The standard InChI is InChI=1S/C71H134O6/c1-4-7-10-13-16-19-21-23-25-27-29-31-32-33-34-35-36-37-38-39-41-42-44-46-48-50-52-55-58-61-64-70(73)76-67-68(66-75-69(72)63-60-57-54-18-15-12-9-6-3)77-71(74)65-62-59-56-53-51-49-47-45-43-40-30-28-26-24-22-20-17-14-11-8-5-2/h22,24,28,30,68H,4-21,23,25-27,29,31-67H2,1-3H3/b24-22-,30-28-. The predicted molar refractivity (Wildman–Crippen MR) is 335 cm³/mol. The van der Waals surface area contributed by atoms with E-state index in [9.17, 15) is 14.4 Å². The first-order chi connectivity index (χ1) is 38.0. The minimum atomic E-state index is -0.769. The van der Waals surface area contributed by atoms with Crippen molar-refractivity contribution in [2.24, 2.45) is 0 Å². The van der Waals surface area contributed by atoms with Crippen LogP contribution in [0.4, 0.5) is 0 Å². The molecule has 77 heavy (non-hydrogen) atoms. The number of hydrogen-bond donors (Lipinski definition) is 0. The molecule has 0 aliphatic carbocycles. The highest BCUT2D eigenvalue weighted by Gasteiger charge is 2.19. The van der Waals surface area contributed by atoms with Crippen LogP contribution in [0, 0.1) is 0 Å². The summed E-state index contributed by atoms with van der Waals surface area (Å²) in [7, 11) is 0. The number of carbonyl (C=O) groups excluding carboxylic acids is 3. The summed E-state index contributed by atoms with van der Waals surface area (Å²) in [6.07, 6.45) is 80.9. The number of rotatable bonds is 65. The molecular weight excluding hydrogens is 949 g/mol. The molecule has 0 aromatic heterocycles. The number of hydrogen-bond acceptors (Lipinski definition) is 6. The minimum absolute atomic E-state index is 0.0673. The maximum atomic E-state index is 12.9. The van der Waals surface area contributed by atoms with Gasteiger partial charge in [0.15, 0.2) is 6.10 Å². The molecule has 0 aromatic rings. The van der Waals surface area contributed by atoms with Crippen molar-refractivity contribution in [2.75, 3.05) is 13.2 Å². The molecule has 0 saturated heterocycles. The largest absolute Gasteiger partial charge is 0.462 e. The SMILES string of the molecule is CCCCCCC/C=C\C/C=C\CCCCCCCCCCCC(=O)OC(COC(=O)CCCCCCCCCC)COC(=O)CCCCCCCCCCCCCCCCCCCCCCCCCCCCCCCC. The van der Waals surface area contributed by atoms with Crippen LogP contribution in [-0.4, -0.2) is 37.2 Å². The van der Waals surface area contributed by atoms with Crippen molar-refractivity contribution in [3.05, 3.63) is 24.3 Å². The second-order valence-electron chi connectivity index (χ2n) is 23.8. The number of carbonyl (C=O) groups is 3. The minimum Gasteiger partial charge on any atom is -0.462 e. The fourth-order valence-corrected chi connectivity index (χ4v) is 10.7. The molecule has 6 nitrogen and oxygen atoms in total. The van der Waals surface area contributed by atoms with Crippen LogP contribution in [0.25, 0.3) is 0 Å². The van der Waals surface area contributed by atoms with Gasteiger partial charge >= 0.3 is 17.9 Å². The Balaban J connectivity index is 4.04. The van der Waals surface area contributed by atoms with E-state index in [-0.39, 0.29) is 31.1 Å². The molecule has 0 aliphatic heterocycles. The Morgan fingerprint density at radius 3 is 0.714 bits per heavy atom. The summed E-state index contributed by atoms with van der Waals surface area (Å²) in [5, 5.41) is 0. The van der Waals surface area contributed by atoms with Gasteiger partial charge in [-0.05, 0) is 51.4 Å². The number of esters is 3. The van der Waals surface area contributed by atoms with Gasteiger partial charge in [0.1, 0.15) is 13.2 Å². The van der Waals surface area contributed by atoms with E-state index in [2.05, 4.69) is 45.1 Å². The molecule has 0 saturated carbocycles. The average Bonchev–Trinajstić information content (AvgIpc) is 3.43. The summed E-state index contributed by atoms with van der Waals surface area (Å²) in [5.41, 5.74) is 0. The third kappa shape index (κ3) is 64.6. The molecule has 0 spiro atoms. The fraction of sp³-hybridized carbons (Fsp3) is 0.901. The van der Waals surface area contributed by atoms with Crippen molar-refractivity contribution in [2.45, 2.75) is 399 Å². The van der Waals surface area contributed by atoms with Crippen molar-refractivity contribution in [1.29, 1.82) is 0 Å². The van der Waals surface area contributed by atoms with Crippen molar-refractivity contribution in [3.63, 3.8) is 0 Å². The van der Waals surface area contributed by atoms with Crippen LogP contribution < -0.4 is 0 Å². The van der Waals surface area contributed by atoms with Gasteiger partial charge in [-0.2, -0.15) is 0 Å². The van der Waals surface area contributed by atoms with Crippen molar-refractivity contribution >= 4 is 17.9 Å². The third-order valence-electron chi connectivity index (χ3n) is 16.0. The molecule has 0 amide bonds. The normalized spacial score (nSPS) is 12.1. The molecule has 1 atom stereocenters. The van der Waals surface area contributed by atoms with Crippen LogP contribution >= 0.6 is 0 Å². The summed E-state index contributed by atoms with van der Waals surface area (Å²) < 4.78 is 16.9. The molecule has 0 bridgehead atoms. The van der Waals surface area contributed by atoms with Crippen molar-refractivity contribution in [3.8, 4) is 0 Å². The van der Waals surface area contributed by atoms with Crippen LogP contribution in [0.2, 0.25) is 0 Å². The molecule has 0 aromatic carbocycles. The molecule has 0 radical (unpaired) electrons. The molecular formula is C71H134O6. The quantitative estimate of drug-likeness (QED) is 0.0261. The zero-order valence-corrected chi connectivity index (χ0v) is 52.3. The van der Waals surface area contributed by atoms with Gasteiger partial charge in [-0.15, -0.1) is 0 Å². The molecule has 0 fully saturated rings. The lowest BCUT2D eigenvalue weighted by atomic mass is 10.0. The molecule has 0 N–H and O–H groups in total.